The van der Waals surface area contributed by atoms with Gasteiger partial charge in [0.1, 0.15) is 11.6 Å². The molecule has 3 aromatic rings. The van der Waals surface area contributed by atoms with Crippen molar-refractivity contribution in [3.05, 3.63) is 60.4 Å². The average molecular weight is 335 g/mol. The topological polar surface area (TPSA) is 72.0 Å². The molecule has 0 aliphatic rings. The van der Waals surface area contributed by atoms with Gasteiger partial charge >= 0.3 is 0 Å². The van der Waals surface area contributed by atoms with Crippen LogP contribution in [0.4, 0.5) is 11.8 Å². The fraction of sp³-hybridized carbons (Fsp3) is 0.211. The smallest absolute Gasteiger partial charge is 0.225 e. The van der Waals surface area contributed by atoms with E-state index in [1.54, 1.807) is 19.5 Å². The van der Waals surface area contributed by atoms with E-state index in [2.05, 4.69) is 25.6 Å². The molecule has 128 valence electrons. The number of methoxy groups -OCH3 is 1. The van der Waals surface area contributed by atoms with Gasteiger partial charge in [-0.25, -0.2) is 4.98 Å². The summed E-state index contributed by atoms with van der Waals surface area (Å²) in [4.78, 5) is 13.2. The molecular formula is C19H21N5O. The summed E-state index contributed by atoms with van der Waals surface area (Å²) in [6.07, 6.45) is 3.54. The highest BCUT2D eigenvalue weighted by atomic mass is 16.5. The van der Waals surface area contributed by atoms with Crippen LogP contribution in [0, 0.1) is 0 Å². The SMILES string of the molecule is CCNc1nc(NCc2ccccc2OC)cc(-c2cccnc2)n1. The second-order valence-electron chi connectivity index (χ2n) is 5.40. The van der Waals surface area contributed by atoms with E-state index in [4.69, 9.17) is 4.74 Å². The van der Waals surface area contributed by atoms with Gasteiger partial charge in [0, 0.05) is 42.7 Å². The van der Waals surface area contributed by atoms with Crippen molar-refractivity contribution in [3.63, 3.8) is 0 Å². The molecule has 0 amide bonds. The molecule has 6 heteroatoms. The largest absolute Gasteiger partial charge is 0.496 e. The molecule has 0 unspecified atom stereocenters. The highest BCUT2D eigenvalue weighted by molar-refractivity contribution is 5.63. The van der Waals surface area contributed by atoms with Gasteiger partial charge in [-0.3, -0.25) is 4.98 Å². The molecule has 0 aliphatic heterocycles. The molecule has 3 rings (SSSR count). The number of ether oxygens (including phenoxy) is 1. The number of rotatable bonds is 7. The molecule has 0 saturated carbocycles. The normalized spacial score (nSPS) is 10.3. The van der Waals surface area contributed by atoms with Gasteiger partial charge < -0.3 is 15.4 Å². The summed E-state index contributed by atoms with van der Waals surface area (Å²) in [6.45, 7) is 3.38. The molecule has 0 aliphatic carbocycles. The second-order valence-corrected chi connectivity index (χ2v) is 5.40. The maximum atomic E-state index is 5.40. The van der Waals surface area contributed by atoms with E-state index < -0.39 is 0 Å². The van der Waals surface area contributed by atoms with Crippen LogP contribution in [0.1, 0.15) is 12.5 Å². The van der Waals surface area contributed by atoms with Crippen LogP contribution in [-0.4, -0.2) is 28.6 Å². The summed E-state index contributed by atoms with van der Waals surface area (Å²) < 4.78 is 5.40. The Balaban J connectivity index is 1.86. The lowest BCUT2D eigenvalue weighted by Gasteiger charge is -2.12. The minimum Gasteiger partial charge on any atom is -0.496 e. The summed E-state index contributed by atoms with van der Waals surface area (Å²) in [5.41, 5.74) is 2.84. The molecule has 0 radical (unpaired) electrons. The quantitative estimate of drug-likeness (QED) is 0.687. The van der Waals surface area contributed by atoms with Gasteiger partial charge in [0.15, 0.2) is 0 Å². The van der Waals surface area contributed by atoms with E-state index in [0.717, 1.165) is 34.9 Å². The van der Waals surface area contributed by atoms with Crippen molar-refractivity contribution in [2.75, 3.05) is 24.3 Å². The molecule has 2 N–H and O–H groups in total. The summed E-state index contributed by atoms with van der Waals surface area (Å²) in [6, 6.07) is 13.7. The maximum absolute atomic E-state index is 5.40. The molecule has 0 bridgehead atoms. The lowest BCUT2D eigenvalue weighted by atomic mass is 10.2. The molecular weight excluding hydrogens is 314 g/mol. The maximum Gasteiger partial charge on any atom is 0.225 e. The monoisotopic (exact) mass is 335 g/mol. The first-order chi connectivity index (χ1) is 12.3. The van der Waals surface area contributed by atoms with Crippen molar-refractivity contribution in [2.45, 2.75) is 13.5 Å². The number of para-hydroxylation sites is 1. The van der Waals surface area contributed by atoms with Crippen LogP contribution < -0.4 is 15.4 Å². The minimum atomic E-state index is 0.589. The van der Waals surface area contributed by atoms with E-state index in [9.17, 15) is 0 Å². The van der Waals surface area contributed by atoms with Crippen molar-refractivity contribution < 1.29 is 4.74 Å². The van der Waals surface area contributed by atoms with Crippen LogP contribution in [0.2, 0.25) is 0 Å². The van der Waals surface area contributed by atoms with E-state index in [1.165, 1.54) is 0 Å². The highest BCUT2D eigenvalue weighted by Gasteiger charge is 2.08. The van der Waals surface area contributed by atoms with Gasteiger partial charge in [-0.15, -0.1) is 0 Å². The number of benzene rings is 1. The lowest BCUT2D eigenvalue weighted by Crippen LogP contribution is -2.08. The zero-order valence-corrected chi connectivity index (χ0v) is 14.4. The van der Waals surface area contributed by atoms with Gasteiger partial charge in [-0.05, 0) is 25.1 Å². The van der Waals surface area contributed by atoms with E-state index >= 15 is 0 Å². The van der Waals surface area contributed by atoms with Gasteiger partial charge in [0.05, 0.1) is 12.8 Å². The minimum absolute atomic E-state index is 0.589. The Morgan fingerprint density at radius 2 is 1.92 bits per heavy atom. The number of pyridine rings is 1. The van der Waals surface area contributed by atoms with Crippen molar-refractivity contribution in [2.24, 2.45) is 0 Å². The lowest BCUT2D eigenvalue weighted by molar-refractivity contribution is 0.410. The Hall–Kier alpha value is -3.15. The number of nitrogens with one attached hydrogen (secondary N) is 2. The Kier molecular flexibility index (Phi) is 5.41. The highest BCUT2D eigenvalue weighted by Crippen LogP contribution is 2.22. The summed E-state index contributed by atoms with van der Waals surface area (Å²) >= 11 is 0. The molecule has 1 aromatic carbocycles. The number of hydrogen-bond donors (Lipinski definition) is 2. The van der Waals surface area contributed by atoms with Gasteiger partial charge in [-0.1, -0.05) is 18.2 Å². The Labute approximate surface area is 147 Å². The van der Waals surface area contributed by atoms with Crippen molar-refractivity contribution in [1.29, 1.82) is 0 Å². The van der Waals surface area contributed by atoms with E-state index in [-0.39, 0.29) is 0 Å². The third-order valence-electron chi connectivity index (χ3n) is 3.67. The molecule has 6 nitrogen and oxygen atoms in total. The Morgan fingerprint density at radius 1 is 1.04 bits per heavy atom. The van der Waals surface area contributed by atoms with Crippen molar-refractivity contribution >= 4 is 11.8 Å². The number of anilines is 2. The van der Waals surface area contributed by atoms with Crippen LogP contribution in [0.5, 0.6) is 5.75 Å². The second kappa shape index (κ2) is 8.10. The Bertz CT molecular complexity index is 823. The molecule has 2 heterocycles. The van der Waals surface area contributed by atoms with Gasteiger partial charge in [-0.2, -0.15) is 4.98 Å². The summed E-state index contributed by atoms with van der Waals surface area (Å²) in [7, 11) is 1.67. The Morgan fingerprint density at radius 3 is 2.68 bits per heavy atom. The van der Waals surface area contributed by atoms with Gasteiger partial charge in [0.2, 0.25) is 5.95 Å². The number of aromatic nitrogens is 3. The van der Waals surface area contributed by atoms with Gasteiger partial charge in [0.25, 0.3) is 0 Å². The molecule has 0 spiro atoms. The zero-order valence-electron chi connectivity index (χ0n) is 14.4. The average Bonchev–Trinajstić information content (AvgIpc) is 2.67. The van der Waals surface area contributed by atoms with Crippen LogP contribution in [0.25, 0.3) is 11.3 Å². The first-order valence-corrected chi connectivity index (χ1v) is 8.19. The first-order valence-electron chi connectivity index (χ1n) is 8.19. The third kappa shape index (κ3) is 4.23. The summed E-state index contributed by atoms with van der Waals surface area (Å²) in [5.74, 6) is 2.19. The third-order valence-corrected chi connectivity index (χ3v) is 3.67. The van der Waals surface area contributed by atoms with Crippen LogP contribution in [0.15, 0.2) is 54.9 Å². The number of nitrogens with zero attached hydrogens (tertiary/aromatic N) is 3. The molecule has 25 heavy (non-hydrogen) atoms. The molecule has 0 fully saturated rings. The predicted molar refractivity (Wildman–Crippen MR) is 99.7 cm³/mol. The predicted octanol–water partition coefficient (Wildman–Crippen LogP) is 3.59. The zero-order chi connectivity index (χ0) is 17.5. The summed E-state index contributed by atoms with van der Waals surface area (Å²) in [5, 5.41) is 6.52. The van der Waals surface area contributed by atoms with Crippen LogP contribution in [-0.2, 0) is 6.54 Å². The standard InChI is InChI=1S/C19H21N5O/c1-3-21-19-23-16(14-8-6-10-20-12-14)11-18(24-19)22-13-15-7-4-5-9-17(15)25-2/h4-12H,3,13H2,1-2H3,(H2,21,22,23,24). The fourth-order valence-electron chi connectivity index (χ4n) is 2.47. The van der Waals surface area contributed by atoms with Crippen molar-refractivity contribution in [3.8, 4) is 17.0 Å². The molecule has 0 saturated heterocycles. The fourth-order valence-corrected chi connectivity index (χ4v) is 2.47. The van der Waals surface area contributed by atoms with E-state index in [1.807, 2.05) is 49.4 Å². The molecule has 2 aromatic heterocycles. The molecule has 0 atom stereocenters. The van der Waals surface area contributed by atoms with Crippen LogP contribution >= 0.6 is 0 Å². The van der Waals surface area contributed by atoms with Crippen LogP contribution in [0.3, 0.4) is 0 Å². The number of hydrogen-bond acceptors (Lipinski definition) is 6. The van der Waals surface area contributed by atoms with E-state index in [0.29, 0.717) is 12.5 Å². The van der Waals surface area contributed by atoms with Crippen molar-refractivity contribution in [1.82, 2.24) is 15.0 Å². The first kappa shape index (κ1) is 16.7.